The van der Waals surface area contributed by atoms with Crippen molar-refractivity contribution in [3.8, 4) is 0 Å². The second-order valence-electron chi connectivity index (χ2n) is 5.45. The maximum atomic E-state index is 13.6. The van der Waals surface area contributed by atoms with Crippen LogP contribution < -0.4 is 10.2 Å². The van der Waals surface area contributed by atoms with Crippen molar-refractivity contribution in [3.05, 3.63) is 48.3 Å². The molecule has 2 aromatic rings. The number of hydrogen-bond acceptors (Lipinski definition) is 4. The summed E-state index contributed by atoms with van der Waals surface area (Å²) in [6.45, 7) is 1.25. The molecule has 3 rings (SSSR count). The largest absolute Gasteiger partial charge is 0.340 e. The first-order valence-electron chi connectivity index (χ1n) is 7.41. The molecular weight excluding hydrogens is 302 g/mol. The number of piperidine rings is 1. The van der Waals surface area contributed by atoms with E-state index in [4.69, 9.17) is 0 Å². The lowest BCUT2D eigenvalue weighted by atomic mass is 9.97. The fourth-order valence-corrected chi connectivity index (χ4v) is 2.65. The highest BCUT2D eigenvalue weighted by Crippen LogP contribution is 2.22. The van der Waals surface area contributed by atoms with Crippen LogP contribution in [0.5, 0.6) is 0 Å². The summed E-state index contributed by atoms with van der Waals surface area (Å²) in [5, 5.41) is 2.53. The van der Waals surface area contributed by atoms with Gasteiger partial charge in [-0.2, -0.15) is 0 Å². The van der Waals surface area contributed by atoms with Crippen molar-refractivity contribution in [2.45, 2.75) is 12.8 Å². The topological polar surface area (TPSA) is 58.1 Å². The third-order valence-electron chi connectivity index (χ3n) is 3.82. The van der Waals surface area contributed by atoms with Crippen LogP contribution in [0.4, 0.5) is 20.4 Å². The summed E-state index contributed by atoms with van der Waals surface area (Å²) >= 11 is 0. The van der Waals surface area contributed by atoms with E-state index >= 15 is 0 Å². The summed E-state index contributed by atoms with van der Waals surface area (Å²) in [4.78, 5) is 22.7. The van der Waals surface area contributed by atoms with Gasteiger partial charge in [-0.25, -0.2) is 18.7 Å². The number of halogens is 2. The lowest BCUT2D eigenvalue weighted by molar-refractivity contribution is -0.120. The van der Waals surface area contributed by atoms with Crippen LogP contribution in [-0.2, 0) is 4.79 Å². The zero-order chi connectivity index (χ0) is 16.2. The minimum absolute atomic E-state index is 0.00974. The summed E-state index contributed by atoms with van der Waals surface area (Å²) in [7, 11) is 0. The zero-order valence-corrected chi connectivity index (χ0v) is 12.4. The van der Waals surface area contributed by atoms with Crippen molar-refractivity contribution >= 4 is 17.5 Å². The molecule has 1 N–H and O–H groups in total. The van der Waals surface area contributed by atoms with E-state index in [1.807, 2.05) is 4.90 Å². The number of carbonyl (C=O) groups is 1. The Morgan fingerprint density at radius 1 is 1.26 bits per heavy atom. The average molecular weight is 318 g/mol. The Hall–Kier alpha value is -2.57. The Bertz CT molecular complexity index is 696. The van der Waals surface area contributed by atoms with Gasteiger partial charge in [0.1, 0.15) is 11.6 Å². The van der Waals surface area contributed by atoms with Gasteiger partial charge in [0.25, 0.3) is 0 Å². The van der Waals surface area contributed by atoms with Gasteiger partial charge in [0.05, 0.1) is 11.6 Å². The predicted octanol–water partition coefficient (Wildman–Crippen LogP) is 2.61. The molecule has 2 heterocycles. The number of rotatable bonds is 3. The SMILES string of the molecule is O=C(Nc1ccc(F)cc1F)[C@@H]1CCCN(c2ncccn2)C1. The van der Waals surface area contributed by atoms with E-state index in [9.17, 15) is 13.6 Å². The highest BCUT2D eigenvalue weighted by molar-refractivity contribution is 5.93. The van der Waals surface area contributed by atoms with Crippen LogP contribution in [0.2, 0.25) is 0 Å². The quantitative estimate of drug-likeness (QED) is 0.945. The Morgan fingerprint density at radius 2 is 2.04 bits per heavy atom. The molecule has 0 aliphatic carbocycles. The Morgan fingerprint density at radius 3 is 2.78 bits per heavy atom. The van der Waals surface area contributed by atoms with Crippen molar-refractivity contribution in [3.63, 3.8) is 0 Å². The molecule has 0 bridgehead atoms. The molecule has 5 nitrogen and oxygen atoms in total. The summed E-state index contributed by atoms with van der Waals surface area (Å²) in [6, 6.07) is 4.82. The van der Waals surface area contributed by atoms with E-state index in [0.717, 1.165) is 25.1 Å². The first kappa shape index (κ1) is 15.3. The van der Waals surface area contributed by atoms with Crippen LogP contribution in [0, 0.1) is 17.6 Å². The minimum Gasteiger partial charge on any atom is -0.340 e. The Kier molecular flexibility index (Phi) is 4.45. The highest BCUT2D eigenvalue weighted by Gasteiger charge is 2.27. The molecule has 1 saturated heterocycles. The molecule has 0 unspecified atom stereocenters. The third kappa shape index (κ3) is 3.61. The molecule has 0 radical (unpaired) electrons. The highest BCUT2D eigenvalue weighted by atomic mass is 19.1. The molecule has 7 heteroatoms. The molecule has 1 aromatic carbocycles. The number of benzene rings is 1. The number of anilines is 2. The minimum atomic E-state index is -0.780. The maximum absolute atomic E-state index is 13.6. The van der Waals surface area contributed by atoms with Gasteiger partial charge in [-0.05, 0) is 31.0 Å². The van der Waals surface area contributed by atoms with E-state index in [0.29, 0.717) is 18.9 Å². The van der Waals surface area contributed by atoms with E-state index in [-0.39, 0.29) is 17.5 Å². The molecule has 1 aromatic heterocycles. The first-order valence-corrected chi connectivity index (χ1v) is 7.41. The molecule has 1 amide bonds. The number of carbonyl (C=O) groups excluding carboxylic acids is 1. The number of nitrogens with one attached hydrogen (secondary N) is 1. The van der Waals surface area contributed by atoms with E-state index in [1.165, 1.54) is 6.07 Å². The summed E-state index contributed by atoms with van der Waals surface area (Å²) in [5.74, 6) is -1.45. The molecule has 0 spiro atoms. The number of nitrogens with zero attached hydrogens (tertiary/aromatic N) is 3. The Labute approximate surface area is 132 Å². The van der Waals surface area contributed by atoms with Gasteiger partial charge in [-0.1, -0.05) is 0 Å². The maximum Gasteiger partial charge on any atom is 0.229 e. The lowest BCUT2D eigenvalue weighted by Crippen LogP contribution is -2.41. The monoisotopic (exact) mass is 318 g/mol. The molecule has 1 atom stereocenters. The molecule has 1 aliphatic heterocycles. The van der Waals surface area contributed by atoms with Crippen molar-refractivity contribution in [1.29, 1.82) is 0 Å². The van der Waals surface area contributed by atoms with Crippen LogP contribution in [-0.4, -0.2) is 29.0 Å². The van der Waals surface area contributed by atoms with Gasteiger partial charge in [-0.15, -0.1) is 0 Å². The van der Waals surface area contributed by atoms with Gasteiger partial charge in [0.2, 0.25) is 11.9 Å². The van der Waals surface area contributed by atoms with Gasteiger partial charge in [0, 0.05) is 31.5 Å². The van der Waals surface area contributed by atoms with E-state index < -0.39 is 11.6 Å². The number of hydrogen-bond donors (Lipinski definition) is 1. The van der Waals surface area contributed by atoms with Crippen LogP contribution in [0.3, 0.4) is 0 Å². The zero-order valence-electron chi connectivity index (χ0n) is 12.4. The number of amides is 1. The van der Waals surface area contributed by atoms with Crippen molar-refractivity contribution in [2.75, 3.05) is 23.3 Å². The molecule has 120 valence electrons. The smallest absolute Gasteiger partial charge is 0.229 e. The molecule has 0 saturated carbocycles. The average Bonchev–Trinajstić information content (AvgIpc) is 2.58. The second-order valence-corrected chi connectivity index (χ2v) is 5.45. The van der Waals surface area contributed by atoms with Gasteiger partial charge in [-0.3, -0.25) is 4.79 Å². The standard InChI is InChI=1S/C16H16F2N4O/c17-12-4-5-14(13(18)9-12)21-15(23)11-3-1-8-22(10-11)16-19-6-2-7-20-16/h2,4-7,9,11H,1,3,8,10H2,(H,21,23)/t11-/m1/s1. The fourth-order valence-electron chi connectivity index (χ4n) is 2.65. The Balaban J connectivity index is 1.67. The molecule has 1 aliphatic rings. The number of aromatic nitrogens is 2. The van der Waals surface area contributed by atoms with Crippen LogP contribution in [0.1, 0.15) is 12.8 Å². The third-order valence-corrected chi connectivity index (χ3v) is 3.82. The first-order chi connectivity index (χ1) is 11.1. The van der Waals surface area contributed by atoms with E-state index in [1.54, 1.807) is 18.5 Å². The lowest BCUT2D eigenvalue weighted by Gasteiger charge is -2.31. The molecule has 23 heavy (non-hydrogen) atoms. The van der Waals surface area contributed by atoms with Crippen molar-refractivity contribution in [1.82, 2.24) is 9.97 Å². The van der Waals surface area contributed by atoms with Gasteiger partial charge in [0.15, 0.2) is 0 Å². The van der Waals surface area contributed by atoms with Crippen LogP contribution >= 0.6 is 0 Å². The summed E-state index contributed by atoms with van der Waals surface area (Å²) in [5.41, 5.74) is -0.00974. The van der Waals surface area contributed by atoms with E-state index in [2.05, 4.69) is 15.3 Å². The normalized spacial score (nSPS) is 17.8. The van der Waals surface area contributed by atoms with Crippen molar-refractivity contribution < 1.29 is 13.6 Å². The van der Waals surface area contributed by atoms with Crippen LogP contribution in [0.15, 0.2) is 36.7 Å². The predicted molar refractivity (Wildman–Crippen MR) is 82.0 cm³/mol. The molecular formula is C16H16F2N4O. The second kappa shape index (κ2) is 6.68. The summed E-state index contributed by atoms with van der Waals surface area (Å²) in [6.07, 6.45) is 4.83. The van der Waals surface area contributed by atoms with Gasteiger partial charge < -0.3 is 10.2 Å². The fraction of sp³-hybridized carbons (Fsp3) is 0.312. The molecule has 1 fully saturated rings. The van der Waals surface area contributed by atoms with Crippen LogP contribution in [0.25, 0.3) is 0 Å². The summed E-state index contributed by atoms with van der Waals surface area (Å²) < 4.78 is 26.5. The van der Waals surface area contributed by atoms with Gasteiger partial charge >= 0.3 is 0 Å². The van der Waals surface area contributed by atoms with Crippen molar-refractivity contribution in [2.24, 2.45) is 5.92 Å².